The van der Waals surface area contributed by atoms with Gasteiger partial charge in [0, 0.05) is 27.4 Å². The molecule has 1 aliphatic rings. The molecule has 52 heavy (non-hydrogen) atoms. The maximum Gasteiger partial charge on any atom is 0.498 e. The van der Waals surface area contributed by atoms with Crippen molar-refractivity contribution in [1.29, 1.82) is 0 Å². The number of hydrogen-bond acceptors (Lipinski definition) is 6. The zero-order valence-electron chi connectivity index (χ0n) is 29.5. The van der Waals surface area contributed by atoms with Gasteiger partial charge < -0.3 is 13.7 Å². The summed E-state index contributed by atoms with van der Waals surface area (Å²) in [5.74, 6) is 1.70. The molecule has 0 N–H and O–H groups in total. The molecule has 8 aromatic rings. The second-order valence-electron chi connectivity index (χ2n) is 14.3. The van der Waals surface area contributed by atoms with E-state index in [2.05, 4.69) is 94.4 Å². The number of fused-ring (bicyclic) bond motifs is 3. The first-order valence-corrected chi connectivity index (χ1v) is 17.6. The average molecular weight is 678 g/mol. The van der Waals surface area contributed by atoms with Gasteiger partial charge in [-0.2, -0.15) is 0 Å². The molecular weight excluding hydrogens is 641 g/mol. The number of furan rings is 1. The molecular formula is C45H36BN3O3. The average Bonchev–Trinajstić information content (AvgIpc) is 3.67. The second-order valence-corrected chi connectivity index (χ2v) is 14.3. The molecule has 1 aliphatic heterocycles. The van der Waals surface area contributed by atoms with Gasteiger partial charge in [0.1, 0.15) is 11.2 Å². The lowest BCUT2D eigenvalue weighted by Gasteiger charge is -2.32. The van der Waals surface area contributed by atoms with Crippen LogP contribution in [0.4, 0.5) is 0 Å². The Labute approximate surface area is 303 Å². The number of para-hydroxylation sites is 1. The van der Waals surface area contributed by atoms with Crippen LogP contribution in [0, 0.1) is 0 Å². The van der Waals surface area contributed by atoms with Gasteiger partial charge in [0.2, 0.25) is 0 Å². The van der Waals surface area contributed by atoms with Crippen molar-refractivity contribution in [2.75, 3.05) is 0 Å². The predicted octanol–water partition coefficient (Wildman–Crippen LogP) is 10.4. The van der Waals surface area contributed by atoms with E-state index in [-0.39, 0.29) is 0 Å². The van der Waals surface area contributed by atoms with Crippen LogP contribution in [0.3, 0.4) is 0 Å². The summed E-state index contributed by atoms with van der Waals surface area (Å²) in [4.78, 5) is 15.2. The van der Waals surface area contributed by atoms with Crippen LogP contribution in [-0.2, 0) is 9.31 Å². The zero-order valence-corrected chi connectivity index (χ0v) is 29.5. The molecule has 0 spiro atoms. The first-order chi connectivity index (χ1) is 25.2. The third kappa shape index (κ3) is 5.59. The fourth-order valence-corrected chi connectivity index (χ4v) is 6.86. The van der Waals surface area contributed by atoms with Crippen LogP contribution in [0.15, 0.2) is 150 Å². The van der Waals surface area contributed by atoms with E-state index in [0.717, 1.165) is 55.2 Å². The third-order valence-corrected chi connectivity index (χ3v) is 10.4. The number of rotatable bonds is 6. The minimum absolute atomic E-state index is 0.517. The molecule has 0 atom stereocenters. The Morgan fingerprint density at radius 2 is 0.942 bits per heavy atom. The third-order valence-electron chi connectivity index (χ3n) is 10.4. The van der Waals surface area contributed by atoms with E-state index >= 15 is 0 Å². The van der Waals surface area contributed by atoms with Crippen molar-refractivity contribution in [3.8, 4) is 56.4 Å². The number of hydrogen-bond donors (Lipinski definition) is 0. The lowest BCUT2D eigenvalue weighted by Crippen LogP contribution is -2.41. The maximum atomic E-state index is 6.92. The Bertz CT molecular complexity index is 2570. The van der Waals surface area contributed by atoms with E-state index in [1.54, 1.807) is 0 Å². The Hall–Kier alpha value is -5.89. The van der Waals surface area contributed by atoms with Crippen molar-refractivity contribution in [3.05, 3.63) is 146 Å². The van der Waals surface area contributed by atoms with Crippen LogP contribution in [0.1, 0.15) is 27.7 Å². The van der Waals surface area contributed by atoms with E-state index in [1.165, 1.54) is 0 Å². The van der Waals surface area contributed by atoms with E-state index in [9.17, 15) is 0 Å². The van der Waals surface area contributed by atoms with Gasteiger partial charge in [0.25, 0.3) is 0 Å². The molecule has 2 aromatic heterocycles. The highest BCUT2D eigenvalue weighted by Crippen LogP contribution is 2.41. The fourth-order valence-electron chi connectivity index (χ4n) is 6.86. The Balaban J connectivity index is 1.26. The highest BCUT2D eigenvalue weighted by atomic mass is 16.7. The molecule has 0 radical (unpaired) electrons. The van der Waals surface area contributed by atoms with E-state index in [1.807, 2.05) is 78.9 Å². The maximum absolute atomic E-state index is 6.92. The van der Waals surface area contributed by atoms with Crippen molar-refractivity contribution >= 4 is 34.5 Å². The van der Waals surface area contributed by atoms with Gasteiger partial charge in [-0.1, -0.05) is 127 Å². The van der Waals surface area contributed by atoms with Crippen molar-refractivity contribution in [3.63, 3.8) is 0 Å². The molecule has 1 fully saturated rings. The van der Waals surface area contributed by atoms with Gasteiger partial charge in [-0.05, 0) is 68.1 Å². The first-order valence-electron chi connectivity index (χ1n) is 17.6. The summed E-state index contributed by atoms with van der Waals surface area (Å²) in [6.07, 6.45) is 0. The number of nitrogens with zero attached hydrogens (tertiary/aromatic N) is 3. The van der Waals surface area contributed by atoms with E-state index in [4.69, 9.17) is 28.7 Å². The monoisotopic (exact) mass is 677 g/mol. The van der Waals surface area contributed by atoms with E-state index in [0.29, 0.717) is 28.6 Å². The standard InChI is InChI=1S/C45H36BN3O3/c1-44(2)45(3,4)52-46(51-44)38-28-34(30-18-10-6-11-19-30)27-37-35-24-15-25-36(39(35)50-40(37)38)43-48-41(31-20-12-7-13-21-31)47-42(49-43)33-23-14-22-32(26-33)29-16-8-5-9-17-29/h5-28H,1-4H3. The Morgan fingerprint density at radius 1 is 0.423 bits per heavy atom. The van der Waals surface area contributed by atoms with Gasteiger partial charge in [-0.3, -0.25) is 0 Å². The van der Waals surface area contributed by atoms with Gasteiger partial charge in [-0.15, -0.1) is 0 Å². The molecule has 0 unspecified atom stereocenters. The van der Waals surface area contributed by atoms with Crippen molar-refractivity contribution in [2.45, 2.75) is 38.9 Å². The molecule has 0 bridgehead atoms. The van der Waals surface area contributed by atoms with Crippen molar-refractivity contribution in [2.24, 2.45) is 0 Å². The molecule has 9 rings (SSSR count). The summed E-state index contributed by atoms with van der Waals surface area (Å²) in [6.45, 7) is 8.28. The summed E-state index contributed by atoms with van der Waals surface area (Å²) >= 11 is 0. The first kappa shape index (κ1) is 32.1. The molecule has 6 nitrogen and oxygen atoms in total. The van der Waals surface area contributed by atoms with Crippen LogP contribution >= 0.6 is 0 Å². The fraction of sp³-hybridized carbons (Fsp3) is 0.133. The minimum atomic E-state index is -0.620. The summed E-state index contributed by atoms with van der Waals surface area (Å²) in [5, 5.41) is 1.92. The van der Waals surface area contributed by atoms with Gasteiger partial charge in [0.15, 0.2) is 17.5 Å². The topological polar surface area (TPSA) is 70.3 Å². The molecule has 3 heterocycles. The molecule has 0 aliphatic carbocycles. The molecule has 0 saturated carbocycles. The lowest BCUT2D eigenvalue weighted by atomic mass is 9.76. The normalized spacial score (nSPS) is 15.0. The molecule has 0 amide bonds. The Morgan fingerprint density at radius 3 is 1.60 bits per heavy atom. The van der Waals surface area contributed by atoms with Crippen LogP contribution in [0.5, 0.6) is 0 Å². The zero-order chi connectivity index (χ0) is 35.5. The summed E-state index contributed by atoms with van der Waals surface area (Å²) in [6, 6.07) is 49.5. The molecule has 7 heteroatoms. The predicted molar refractivity (Wildman–Crippen MR) is 210 cm³/mol. The summed E-state index contributed by atoms with van der Waals surface area (Å²) < 4.78 is 20.1. The van der Waals surface area contributed by atoms with E-state index < -0.39 is 18.3 Å². The highest BCUT2D eigenvalue weighted by Gasteiger charge is 2.52. The smallest absolute Gasteiger partial charge is 0.456 e. The quantitative estimate of drug-likeness (QED) is 0.163. The molecule has 252 valence electrons. The van der Waals surface area contributed by atoms with Gasteiger partial charge >= 0.3 is 7.12 Å². The number of benzene rings is 6. The Kier molecular flexibility index (Phi) is 7.65. The van der Waals surface area contributed by atoms with Gasteiger partial charge in [0.05, 0.1) is 16.8 Å². The second kappa shape index (κ2) is 12.4. The number of aromatic nitrogens is 3. The van der Waals surface area contributed by atoms with Crippen LogP contribution in [0.25, 0.3) is 78.4 Å². The molecule has 1 saturated heterocycles. The van der Waals surface area contributed by atoms with Crippen LogP contribution in [0.2, 0.25) is 0 Å². The highest BCUT2D eigenvalue weighted by molar-refractivity contribution is 6.65. The van der Waals surface area contributed by atoms with Crippen molar-refractivity contribution in [1.82, 2.24) is 15.0 Å². The molecule has 6 aromatic carbocycles. The largest absolute Gasteiger partial charge is 0.498 e. The van der Waals surface area contributed by atoms with Crippen LogP contribution in [-0.4, -0.2) is 33.3 Å². The van der Waals surface area contributed by atoms with Crippen molar-refractivity contribution < 1.29 is 13.7 Å². The van der Waals surface area contributed by atoms with Gasteiger partial charge in [-0.25, -0.2) is 15.0 Å². The SMILES string of the molecule is CC1(C)OB(c2cc(-c3ccccc3)cc3c2oc2c(-c4nc(-c5ccccc5)nc(-c5cccc(-c6ccccc6)c5)n4)cccc23)OC1(C)C. The summed E-state index contributed by atoms with van der Waals surface area (Å²) in [5.41, 5.74) is 8.15. The lowest BCUT2D eigenvalue weighted by molar-refractivity contribution is 0.00578. The minimum Gasteiger partial charge on any atom is -0.456 e. The van der Waals surface area contributed by atoms with Crippen LogP contribution < -0.4 is 5.46 Å². The summed E-state index contributed by atoms with van der Waals surface area (Å²) in [7, 11) is -0.620.